The van der Waals surface area contributed by atoms with E-state index in [9.17, 15) is 40.1 Å². The first kappa shape index (κ1) is 33.1. The summed E-state index contributed by atoms with van der Waals surface area (Å²) >= 11 is 0. The first-order chi connectivity index (χ1) is 19.8. The summed E-state index contributed by atoms with van der Waals surface area (Å²) in [6.07, 6.45) is -1.54. The average Bonchev–Trinajstić information content (AvgIpc) is 3.44. The molecule has 0 aromatic heterocycles. The minimum absolute atomic E-state index is 0.0146. The Balaban J connectivity index is 0.000000234. The van der Waals surface area contributed by atoms with Gasteiger partial charge in [-0.1, -0.05) is 54.6 Å². The van der Waals surface area contributed by atoms with Gasteiger partial charge in [-0.3, -0.25) is 9.59 Å². The van der Waals surface area contributed by atoms with E-state index in [1.165, 1.54) is 14.7 Å². The van der Waals surface area contributed by atoms with Crippen LogP contribution in [0.4, 0.5) is 17.6 Å². The molecule has 226 valence electrons. The number of esters is 2. The standard InChI is InChI=1S/C18H15S.C11H14F4O7S/c1-4-10-16(11-5-1)19(17-12-6-2-7-13-17)18-14-8-3-9-15-18;1-21-8(16)5-3-6(9(17)22-2)7(4-5)10(12,13)11(14,15)23(18,19)20/h1-15H;5-7H,3-4H2,1-2H3,(H,18,19,20)/q+1;/p-1. The van der Waals surface area contributed by atoms with Crippen LogP contribution in [0.1, 0.15) is 12.8 Å². The van der Waals surface area contributed by atoms with Crippen molar-refractivity contribution in [2.75, 3.05) is 14.2 Å². The molecule has 4 rings (SSSR count). The first-order valence-corrected chi connectivity index (χ1v) is 15.2. The van der Waals surface area contributed by atoms with Crippen LogP contribution in [0, 0.1) is 17.8 Å². The minimum Gasteiger partial charge on any atom is -0.743 e. The minimum atomic E-state index is -6.70. The fourth-order valence-corrected chi connectivity index (χ4v) is 7.26. The SMILES string of the molecule is COC(=O)C1CC(C(=O)OC)C(C(F)(F)C(F)(F)S(=O)(=O)[O-])C1.c1ccc([S+](c2ccccc2)c2ccccc2)cc1. The topological polar surface area (TPSA) is 110 Å². The summed E-state index contributed by atoms with van der Waals surface area (Å²) in [4.78, 5) is 27.0. The highest BCUT2D eigenvalue weighted by Gasteiger charge is 2.69. The van der Waals surface area contributed by atoms with Crippen molar-refractivity contribution in [1.82, 2.24) is 0 Å². The summed E-state index contributed by atoms with van der Waals surface area (Å²) in [7, 11) is -4.97. The molecule has 0 aliphatic heterocycles. The smallest absolute Gasteiger partial charge is 0.396 e. The third kappa shape index (κ3) is 7.13. The average molecular weight is 629 g/mol. The Bertz CT molecular complexity index is 1350. The number of methoxy groups -OCH3 is 2. The molecule has 0 bridgehead atoms. The van der Waals surface area contributed by atoms with Crippen molar-refractivity contribution in [3.8, 4) is 0 Å². The molecule has 1 aliphatic rings. The number of halogens is 4. The lowest BCUT2D eigenvalue weighted by atomic mass is 9.89. The molecule has 3 atom stereocenters. The number of carbonyl (C=O) groups is 2. The maximum Gasteiger partial charge on any atom is 0.396 e. The Morgan fingerprint density at radius 3 is 1.45 bits per heavy atom. The van der Waals surface area contributed by atoms with Gasteiger partial charge < -0.3 is 14.0 Å². The van der Waals surface area contributed by atoms with Crippen LogP contribution in [-0.4, -0.2) is 50.3 Å². The van der Waals surface area contributed by atoms with E-state index in [4.69, 9.17) is 0 Å². The quantitative estimate of drug-likeness (QED) is 0.140. The highest BCUT2D eigenvalue weighted by Crippen LogP contribution is 2.53. The Kier molecular flexibility index (Phi) is 10.8. The molecule has 3 aromatic carbocycles. The van der Waals surface area contributed by atoms with Gasteiger partial charge in [-0.05, 0) is 49.2 Å². The fraction of sp³-hybridized carbons (Fsp3) is 0.310. The second-order valence-electron chi connectivity index (χ2n) is 9.27. The first-order valence-electron chi connectivity index (χ1n) is 12.5. The summed E-state index contributed by atoms with van der Waals surface area (Å²) in [6, 6.07) is 32.2. The van der Waals surface area contributed by atoms with E-state index < -0.39 is 63.8 Å². The zero-order valence-electron chi connectivity index (χ0n) is 22.5. The molecular formula is C29H28F4O7S2. The fourth-order valence-electron chi connectivity index (χ4n) is 4.67. The number of carbonyl (C=O) groups excluding carboxylic acids is 2. The third-order valence-electron chi connectivity index (χ3n) is 6.71. The van der Waals surface area contributed by atoms with Gasteiger partial charge in [0, 0.05) is 5.92 Å². The molecule has 1 aliphatic carbocycles. The van der Waals surface area contributed by atoms with E-state index in [1.54, 1.807) is 0 Å². The van der Waals surface area contributed by atoms with Crippen LogP contribution in [0.3, 0.4) is 0 Å². The summed E-state index contributed by atoms with van der Waals surface area (Å²) in [5.74, 6) is -13.5. The van der Waals surface area contributed by atoms with Crippen molar-refractivity contribution in [3.63, 3.8) is 0 Å². The lowest BCUT2D eigenvalue weighted by molar-refractivity contribution is -0.204. The molecule has 42 heavy (non-hydrogen) atoms. The maximum absolute atomic E-state index is 14.0. The number of rotatable bonds is 8. The Labute approximate surface area is 243 Å². The third-order valence-corrected chi connectivity index (χ3v) is 9.84. The Hall–Kier alpha value is -3.42. The van der Waals surface area contributed by atoms with Gasteiger partial charge in [-0.2, -0.15) is 17.6 Å². The molecule has 0 spiro atoms. The Morgan fingerprint density at radius 2 is 1.12 bits per heavy atom. The van der Waals surface area contributed by atoms with Gasteiger partial charge >= 0.3 is 23.1 Å². The van der Waals surface area contributed by atoms with Crippen LogP contribution in [0.25, 0.3) is 0 Å². The van der Waals surface area contributed by atoms with E-state index >= 15 is 0 Å². The highest BCUT2D eigenvalue weighted by atomic mass is 32.2. The van der Waals surface area contributed by atoms with Crippen molar-refractivity contribution < 1.29 is 49.6 Å². The number of hydrogen-bond donors (Lipinski definition) is 0. The van der Waals surface area contributed by atoms with E-state index in [0.29, 0.717) is 0 Å². The van der Waals surface area contributed by atoms with E-state index in [2.05, 4.69) is 100 Å². The molecule has 1 saturated carbocycles. The predicted molar refractivity (Wildman–Crippen MR) is 145 cm³/mol. The van der Waals surface area contributed by atoms with Gasteiger partial charge in [-0.15, -0.1) is 0 Å². The van der Waals surface area contributed by atoms with Crippen molar-refractivity contribution in [1.29, 1.82) is 0 Å². The predicted octanol–water partition coefficient (Wildman–Crippen LogP) is 5.53. The van der Waals surface area contributed by atoms with Gasteiger partial charge in [0.25, 0.3) is 0 Å². The van der Waals surface area contributed by atoms with Crippen LogP contribution in [-0.2, 0) is 40.1 Å². The summed E-state index contributed by atoms with van der Waals surface area (Å²) in [5.41, 5.74) is 0. The van der Waals surface area contributed by atoms with Gasteiger partial charge in [0.2, 0.25) is 0 Å². The van der Waals surface area contributed by atoms with Gasteiger partial charge in [0.05, 0.1) is 37.0 Å². The van der Waals surface area contributed by atoms with Crippen LogP contribution >= 0.6 is 0 Å². The zero-order valence-corrected chi connectivity index (χ0v) is 24.1. The van der Waals surface area contributed by atoms with Crippen molar-refractivity contribution in [2.45, 2.75) is 38.7 Å². The number of alkyl halides is 4. The normalized spacial score (nSPS) is 19.0. The molecule has 0 N–H and O–H groups in total. The van der Waals surface area contributed by atoms with Crippen LogP contribution in [0.15, 0.2) is 106 Å². The monoisotopic (exact) mass is 628 g/mol. The van der Waals surface area contributed by atoms with Crippen LogP contribution in [0.2, 0.25) is 0 Å². The van der Waals surface area contributed by atoms with Gasteiger partial charge in [0.1, 0.15) is 0 Å². The second-order valence-corrected chi connectivity index (χ2v) is 12.7. The molecule has 13 heteroatoms. The molecule has 0 amide bonds. The van der Waals surface area contributed by atoms with Gasteiger partial charge in [-0.25, -0.2) is 8.42 Å². The number of benzene rings is 3. The second kappa shape index (κ2) is 13.7. The van der Waals surface area contributed by atoms with Crippen molar-refractivity contribution >= 4 is 33.0 Å². The largest absolute Gasteiger partial charge is 0.743 e. The lowest BCUT2D eigenvalue weighted by Gasteiger charge is -2.34. The zero-order chi connectivity index (χ0) is 31.1. The molecule has 0 heterocycles. The Morgan fingerprint density at radius 1 is 0.738 bits per heavy atom. The van der Waals surface area contributed by atoms with E-state index in [-0.39, 0.29) is 10.9 Å². The van der Waals surface area contributed by atoms with Crippen LogP contribution in [0.5, 0.6) is 0 Å². The summed E-state index contributed by atoms with van der Waals surface area (Å²) in [6.45, 7) is 0. The summed E-state index contributed by atoms with van der Waals surface area (Å²) < 4.78 is 94.8. The van der Waals surface area contributed by atoms with Crippen molar-refractivity contribution in [3.05, 3.63) is 91.0 Å². The number of hydrogen-bond acceptors (Lipinski definition) is 7. The molecule has 3 aromatic rings. The van der Waals surface area contributed by atoms with Crippen LogP contribution < -0.4 is 0 Å². The molecule has 3 unspecified atom stereocenters. The highest BCUT2D eigenvalue weighted by molar-refractivity contribution is 7.97. The molecular weight excluding hydrogens is 600 g/mol. The molecule has 1 fully saturated rings. The lowest BCUT2D eigenvalue weighted by Crippen LogP contribution is -2.53. The van der Waals surface area contributed by atoms with Gasteiger partial charge in [0.15, 0.2) is 24.8 Å². The number of ether oxygens (including phenoxy) is 2. The maximum atomic E-state index is 14.0. The molecule has 0 saturated heterocycles. The van der Waals surface area contributed by atoms with E-state index in [1.807, 2.05) is 0 Å². The summed E-state index contributed by atoms with van der Waals surface area (Å²) in [5, 5.41) is -5.94. The molecule has 7 nitrogen and oxygen atoms in total. The molecule has 0 radical (unpaired) electrons. The van der Waals surface area contributed by atoms with Crippen molar-refractivity contribution in [2.24, 2.45) is 17.8 Å². The van der Waals surface area contributed by atoms with E-state index in [0.717, 1.165) is 14.2 Å².